The lowest BCUT2D eigenvalue weighted by molar-refractivity contribution is -0.143. The van der Waals surface area contributed by atoms with Crippen LogP contribution < -0.4 is 5.32 Å². The maximum Gasteiger partial charge on any atom is 0.305 e. The molecule has 0 fully saturated rings. The minimum Gasteiger partial charge on any atom is -0.466 e. The number of carbonyl (C=O) groups is 2. The van der Waals surface area contributed by atoms with Crippen LogP contribution in [0.3, 0.4) is 0 Å². The molecule has 0 aromatic heterocycles. The molecule has 2 atom stereocenters. The fourth-order valence-corrected chi connectivity index (χ4v) is 14.6. The van der Waals surface area contributed by atoms with E-state index in [2.05, 4.69) is 55.6 Å². The third kappa shape index (κ3) is 83.0. The third-order valence-electron chi connectivity index (χ3n) is 21.4. The SMILES string of the molecule is CCCCCCCC/C=C\CCCCCCCCCCCC(=O)OCCCCCCCCCCCCCCC/C=C\C/C=C\CCCCCCCCCCCCCCCCCCCC(=O)NC(CO)C(O)CCCCCCCCCCCCCCCCCCCCCCCCCCC. The second-order valence-electron chi connectivity index (χ2n) is 31.3. The van der Waals surface area contributed by atoms with E-state index in [9.17, 15) is 19.8 Å². The van der Waals surface area contributed by atoms with Crippen molar-refractivity contribution in [3.05, 3.63) is 36.5 Å². The average Bonchev–Trinajstić information content (AvgIpc) is 1.77. The van der Waals surface area contributed by atoms with Gasteiger partial charge in [-0.05, 0) is 83.5 Å². The van der Waals surface area contributed by atoms with E-state index < -0.39 is 12.1 Å². The van der Waals surface area contributed by atoms with E-state index in [1.165, 1.54) is 437 Å². The lowest BCUT2D eigenvalue weighted by atomic mass is 10.0. The van der Waals surface area contributed by atoms with Gasteiger partial charge in [0.25, 0.3) is 0 Å². The molecule has 580 valence electrons. The first-order valence-corrected chi connectivity index (χ1v) is 45.2. The maximum atomic E-state index is 12.6. The van der Waals surface area contributed by atoms with E-state index in [4.69, 9.17) is 4.74 Å². The van der Waals surface area contributed by atoms with Crippen molar-refractivity contribution in [1.82, 2.24) is 5.32 Å². The quantitative estimate of drug-likeness (QED) is 0.0320. The number of hydrogen-bond donors (Lipinski definition) is 3. The molecular formula is C92H177NO5. The first kappa shape index (κ1) is 96.1. The van der Waals surface area contributed by atoms with Crippen LogP contribution in [-0.2, 0) is 14.3 Å². The number of nitrogens with one attached hydrogen (secondary N) is 1. The van der Waals surface area contributed by atoms with E-state index in [-0.39, 0.29) is 18.5 Å². The van der Waals surface area contributed by atoms with Crippen LogP contribution in [0.1, 0.15) is 515 Å². The number of carbonyl (C=O) groups excluding carboxylic acids is 2. The minimum absolute atomic E-state index is 0.0195. The summed E-state index contributed by atoms with van der Waals surface area (Å²) in [6, 6.07) is -0.541. The van der Waals surface area contributed by atoms with Crippen LogP contribution in [0.15, 0.2) is 36.5 Å². The number of esters is 1. The minimum atomic E-state index is -0.665. The second-order valence-corrected chi connectivity index (χ2v) is 31.3. The highest BCUT2D eigenvalue weighted by Gasteiger charge is 2.20. The van der Waals surface area contributed by atoms with Crippen molar-refractivity contribution in [2.45, 2.75) is 527 Å². The molecule has 3 N–H and O–H groups in total. The summed E-state index contributed by atoms with van der Waals surface area (Å²) in [5.41, 5.74) is 0. The summed E-state index contributed by atoms with van der Waals surface area (Å²) in [6.45, 7) is 5.01. The van der Waals surface area contributed by atoms with Crippen LogP contribution in [0.4, 0.5) is 0 Å². The van der Waals surface area contributed by atoms with Crippen molar-refractivity contribution in [3.63, 3.8) is 0 Å². The Labute approximate surface area is 614 Å². The lowest BCUT2D eigenvalue weighted by Gasteiger charge is -2.22. The molecule has 0 saturated heterocycles. The summed E-state index contributed by atoms with van der Waals surface area (Å²) in [6.07, 6.45) is 116. The van der Waals surface area contributed by atoms with Gasteiger partial charge in [0.05, 0.1) is 25.4 Å². The van der Waals surface area contributed by atoms with Gasteiger partial charge in [-0.3, -0.25) is 9.59 Å². The molecule has 0 bridgehead atoms. The van der Waals surface area contributed by atoms with Crippen molar-refractivity contribution in [2.24, 2.45) is 0 Å². The number of amides is 1. The zero-order valence-electron chi connectivity index (χ0n) is 66.8. The van der Waals surface area contributed by atoms with Gasteiger partial charge in [-0.2, -0.15) is 0 Å². The number of rotatable bonds is 86. The molecule has 6 heteroatoms. The molecule has 0 heterocycles. The molecule has 0 aliphatic rings. The summed E-state index contributed by atoms with van der Waals surface area (Å²) < 4.78 is 5.52. The Hall–Kier alpha value is -1.92. The second kappa shape index (κ2) is 87.5. The molecule has 0 aliphatic carbocycles. The number of aliphatic hydroxyl groups excluding tert-OH is 2. The molecule has 0 rings (SSSR count). The van der Waals surface area contributed by atoms with Gasteiger partial charge >= 0.3 is 5.97 Å². The third-order valence-corrected chi connectivity index (χ3v) is 21.4. The van der Waals surface area contributed by atoms with Crippen LogP contribution in [0.2, 0.25) is 0 Å². The largest absolute Gasteiger partial charge is 0.466 e. The average molecular weight is 1380 g/mol. The standard InChI is InChI=1S/C92H177NO5/c1-3-5-7-9-11-13-15-17-19-21-23-24-25-39-42-45-49-52-56-60-64-68-72-76-80-84-90(95)89(88-94)93-91(96)85-81-77-73-69-65-61-57-53-50-46-43-40-37-35-33-31-29-27-26-28-30-32-34-36-38-41-44-47-51-55-59-63-67-71-75-79-83-87-98-92(97)86-82-78-74-70-66-62-58-54-48-22-20-18-16-14-12-10-8-6-4-2/h18,20,26,28,32,34,89-90,94-95H,3-17,19,21-25,27,29-31,33,35-88H2,1-2H3,(H,93,96)/b20-18-,28-26-,34-32-. The first-order valence-electron chi connectivity index (χ1n) is 45.2. The fraction of sp³-hybridized carbons (Fsp3) is 0.913. The molecule has 0 saturated carbocycles. The summed E-state index contributed by atoms with van der Waals surface area (Å²) in [4.78, 5) is 24.7. The predicted molar refractivity (Wildman–Crippen MR) is 435 cm³/mol. The summed E-state index contributed by atoms with van der Waals surface area (Å²) >= 11 is 0. The molecule has 98 heavy (non-hydrogen) atoms. The van der Waals surface area contributed by atoms with Gasteiger partial charge < -0.3 is 20.3 Å². The molecular weight excluding hydrogens is 1200 g/mol. The van der Waals surface area contributed by atoms with Crippen molar-refractivity contribution >= 4 is 11.9 Å². The van der Waals surface area contributed by atoms with E-state index >= 15 is 0 Å². The smallest absolute Gasteiger partial charge is 0.305 e. The summed E-state index contributed by atoms with van der Waals surface area (Å²) in [5.74, 6) is -0.00640. The number of allylic oxidation sites excluding steroid dienone is 6. The highest BCUT2D eigenvalue weighted by atomic mass is 16.5. The van der Waals surface area contributed by atoms with Crippen LogP contribution >= 0.6 is 0 Å². The Morgan fingerprint density at radius 2 is 0.510 bits per heavy atom. The molecule has 0 spiro atoms. The predicted octanol–water partition coefficient (Wildman–Crippen LogP) is 30.5. The zero-order valence-corrected chi connectivity index (χ0v) is 66.8. The van der Waals surface area contributed by atoms with Crippen LogP contribution in [0.5, 0.6) is 0 Å². The van der Waals surface area contributed by atoms with Crippen molar-refractivity contribution in [1.29, 1.82) is 0 Å². The highest BCUT2D eigenvalue weighted by molar-refractivity contribution is 5.76. The van der Waals surface area contributed by atoms with Crippen molar-refractivity contribution in [2.75, 3.05) is 13.2 Å². The number of aliphatic hydroxyl groups is 2. The van der Waals surface area contributed by atoms with E-state index in [0.717, 1.165) is 44.9 Å². The first-order chi connectivity index (χ1) is 48.5. The number of ether oxygens (including phenoxy) is 1. The highest BCUT2D eigenvalue weighted by Crippen LogP contribution is 2.21. The Kier molecular flexibility index (Phi) is 85.8. The van der Waals surface area contributed by atoms with Gasteiger partial charge in [0.1, 0.15) is 0 Å². The zero-order chi connectivity index (χ0) is 70.5. The van der Waals surface area contributed by atoms with Gasteiger partial charge in [-0.1, -0.05) is 455 Å². The summed E-state index contributed by atoms with van der Waals surface area (Å²) in [7, 11) is 0. The van der Waals surface area contributed by atoms with Crippen LogP contribution in [0, 0.1) is 0 Å². The topological polar surface area (TPSA) is 95.9 Å². The maximum absolute atomic E-state index is 12.6. The number of hydrogen-bond acceptors (Lipinski definition) is 5. The number of unbranched alkanes of at least 4 members (excludes halogenated alkanes) is 69. The molecule has 0 aliphatic heterocycles. The molecule has 0 radical (unpaired) electrons. The molecule has 0 aromatic carbocycles. The Bertz CT molecular complexity index is 1590. The normalized spacial score (nSPS) is 12.6. The molecule has 2 unspecified atom stereocenters. The Balaban J connectivity index is 3.35. The van der Waals surface area contributed by atoms with Gasteiger partial charge in [-0.25, -0.2) is 0 Å². The van der Waals surface area contributed by atoms with Crippen LogP contribution in [-0.4, -0.2) is 47.4 Å². The molecule has 0 aromatic rings. The van der Waals surface area contributed by atoms with Crippen LogP contribution in [0.25, 0.3) is 0 Å². The van der Waals surface area contributed by atoms with Gasteiger partial charge in [0.15, 0.2) is 0 Å². The van der Waals surface area contributed by atoms with Gasteiger partial charge in [-0.15, -0.1) is 0 Å². The van der Waals surface area contributed by atoms with Gasteiger partial charge in [0.2, 0.25) is 5.91 Å². The molecule has 1 amide bonds. The summed E-state index contributed by atoms with van der Waals surface area (Å²) in [5, 5.41) is 23.5. The Morgan fingerprint density at radius 1 is 0.286 bits per heavy atom. The lowest BCUT2D eigenvalue weighted by Crippen LogP contribution is -2.45. The Morgan fingerprint density at radius 3 is 0.786 bits per heavy atom. The van der Waals surface area contributed by atoms with Crippen molar-refractivity contribution < 1.29 is 24.5 Å². The van der Waals surface area contributed by atoms with E-state index in [1.807, 2.05) is 0 Å². The van der Waals surface area contributed by atoms with Crippen molar-refractivity contribution in [3.8, 4) is 0 Å². The fourth-order valence-electron chi connectivity index (χ4n) is 14.6. The monoisotopic (exact) mass is 1380 g/mol. The molecule has 6 nitrogen and oxygen atoms in total. The van der Waals surface area contributed by atoms with E-state index in [0.29, 0.717) is 25.9 Å². The van der Waals surface area contributed by atoms with Gasteiger partial charge in [0, 0.05) is 12.8 Å². The van der Waals surface area contributed by atoms with E-state index in [1.54, 1.807) is 0 Å².